The van der Waals surface area contributed by atoms with Gasteiger partial charge in [-0.05, 0) is 43.3 Å². The highest BCUT2D eigenvalue weighted by molar-refractivity contribution is 7.99. The summed E-state index contributed by atoms with van der Waals surface area (Å²) in [7, 11) is 1.45. The molecule has 0 spiro atoms. The molecule has 2 aromatic carbocycles. The van der Waals surface area contributed by atoms with Crippen LogP contribution in [-0.2, 0) is 6.18 Å². The molecule has 0 aliphatic rings. The molecule has 1 atom stereocenters. The first-order chi connectivity index (χ1) is 14.7. The van der Waals surface area contributed by atoms with Crippen LogP contribution in [0.1, 0.15) is 12.5 Å². The van der Waals surface area contributed by atoms with Crippen molar-refractivity contribution < 1.29 is 27.8 Å². The minimum atomic E-state index is -4.43. The predicted octanol–water partition coefficient (Wildman–Crippen LogP) is 4.17. The van der Waals surface area contributed by atoms with Gasteiger partial charge >= 0.3 is 6.18 Å². The fourth-order valence-corrected chi connectivity index (χ4v) is 3.42. The van der Waals surface area contributed by atoms with Crippen molar-refractivity contribution in [2.45, 2.75) is 29.1 Å². The number of ether oxygens (including phenoxy) is 2. The molecular weight excluding hydrogens is 433 g/mol. The second-order valence-electron chi connectivity index (χ2n) is 6.53. The van der Waals surface area contributed by atoms with Gasteiger partial charge in [0.05, 0.1) is 24.5 Å². The molecule has 0 amide bonds. The Morgan fingerprint density at radius 2 is 1.87 bits per heavy atom. The Morgan fingerprint density at radius 1 is 1.16 bits per heavy atom. The van der Waals surface area contributed by atoms with Crippen molar-refractivity contribution in [1.29, 1.82) is 0 Å². The van der Waals surface area contributed by atoms with E-state index in [1.165, 1.54) is 36.2 Å². The summed E-state index contributed by atoms with van der Waals surface area (Å²) in [4.78, 5) is 17.4. The molecular formula is C21H19F3N2O4S. The van der Waals surface area contributed by atoms with Gasteiger partial charge in [-0.2, -0.15) is 13.2 Å². The van der Waals surface area contributed by atoms with E-state index in [1.54, 1.807) is 25.1 Å². The normalized spacial score (nSPS) is 12.5. The average Bonchev–Trinajstić information content (AvgIpc) is 2.73. The van der Waals surface area contributed by atoms with Crippen LogP contribution < -0.4 is 15.0 Å². The number of nitrogens with zero attached hydrogens (tertiary/aromatic N) is 2. The summed E-state index contributed by atoms with van der Waals surface area (Å²) in [6, 6.07) is 9.37. The molecule has 3 rings (SSSR count). The summed E-state index contributed by atoms with van der Waals surface area (Å²) in [5, 5.41) is 9.48. The van der Waals surface area contributed by atoms with E-state index in [0.717, 1.165) is 23.9 Å². The van der Waals surface area contributed by atoms with Crippen LogP contribution in [0.25, 0.3) is 5.69 Å². The molecule has 0 aliphatic carbocycles. The highest BCUT2D eigenvalue weighted by Gasteiger charge is 2.30. The number of hydrogen-bond acceptors (Lipinski definition) is 6. The van der Waals surface area contributed by atoms with Crippen molar-refractivity contribution in [2.75, 3.05) is 13.7 Å². The molecule has 0 aliphatic heterocycles. The van der Waals surface area contributed by atoms with Crippen LogP contribution in [-0.4, -0.2) is 34.5 Å². The van der Waals surface area contributed by atoms with Gasteiger partial charge in [0.25, 0.3) is 5.56 Å². The second kappa shape index (κ2) is 9.44. The summed E-state index contributed by atoms with van der Waals surface area (Å²) in [5.41, 5.74) is -0.713. The Hall–Kier alpha value is -2.98. The van der Waals surface area contributed by atoms with E-state index in [1.807, 2.05) is 0 Å². The molecule has 1 unspecified atom stereocenters. The summed E-state index contributed by atoms with van der Waals surface area (Å²) in [6.07, 6.45) is -2.18. The number of hydrogen-bond donors (Lipinski definition) is 1. The monoisotopic (exact) mass is 452 g/mol. The van der Waals surface area contributed by atoms with E-state index >= 15 is 0 Å². The van der Waals surface area contributed by atoms with Gasteiger partial charge in [0.2, 0.25) is 0 Å². The Balaban J connectivity index is 1.88. The Morgan fingerprint density at radius 3 is 2.48 bits per heavy atom. The molecule has 0 saturated heterocycles. The topological polar surface area (TPSA) is 73.6 Å². The lowest BCUT2D eigenvalue weighted by molar-refractivity contribution is -0.137. The zero-order valence-corrected chi connectivity index (χ0v) is 17.4. The van der Waals surface area contributed by atoms with Crippen molar-refractivity contribution in [3.05, 3.63) is 70.8 Å². The molecule has 1 N–H and O–H groups in total. The first-order valence-corrected chi connectivity index (χ1v) is 9.92. The third-order valence-corrected chi connectivity index (χ3v) is 5.09. The van der Waals surface area contributed by atoms with Gasteiger partial charge in [-0.1, -0.05) is 11.8 Å². The molecule has 164 valence electrons. The molecule has 0 fully saturated rings. The molecule has 0 radical (unpaired) electrons. The molecule has 31 heavy (non-hydrogen) atoms. The minimum Gasteiger partial charge on any atom is -0.493 e. The molecule has 10 heteroatoms. The van der Waals surface area contributed by atoms with Crippen LogP contribution in [0.3, 0.4) is 0 Å². The number of benzene rings is 2. The third kappa shape index (κ3) is 5.59. The van der Waals surface area contributed by atoms with Crippen LogP contribution in [0.5, 0.6) is 11.5 Å². The number of aromatic nitrogens is 2. The van der Waals surface area contributed by atoms with Crippen molar-refractivity contribution >= 4 is 11.8 Å². The first kappa shape index (κ1) is 22.7. The lowest BCUT2D eigenvalue weighted by Gasteiger charge is -2.14. The number of rotatable bonds is 7. The standard InChI is InChI=1S/C21H19F3N2O4S/c1-13(27)12-30-17-8-5-15(11-18(17)29-2)26-10-9-25-19(20(26)28)31-16-6-3-14(4-7-16)21(22,23)24/h3-11,13,27H,12H2,1-2H3. The quantitative estimate of drug-likeness (QED) is 0.580. The smallest absolute Gasteiger partial charge is 0.416 e. The number of halogens is 3. The van der Waals surface area contributed by atoms with E-state index in [9.17, 15) is 23.1 Å². The summed E-state index contributed by atoms with van der Waals surface area (Å²) < 4.78 is 50.3. The van der Waals surface area contributed by atoms with Crippen LogP contribution in [0, 0.1) is 0 Å². The summed E-state index contributed by atoms with van der Waals surface area (Å²) in [5.74, 6) is 0.785. The SMILES string of the molecule is COc1cc(-n2ccnc(Sc3ccc(C(F)(F)F)cc3)c2=O)ccc1OCC(C)O. The molecule has 1 heterocycles. The van der Waals surface area contributed by atoms with Crippen LogP contribution in [0.4, 0.5) is 13.2 Å². The number of aliphatic hydroxyl groups is 1. The second-order valence-corrected chi connectivity index (χ2v) is 7.59. The summed E-state index contributed by atoms with van der Waals surface area (Å²) >= 11 is 0.971. The molecule has 1 aromatic heterocycles. The minimum absolute atomic E-state index is 0.0822. The Bertz CT molecular complexity index is 1100. The Kier molecular flexibility index (Phi) is 6.91. The van der Waals surface area contributed by atoms with Crippen LogP contribution >= 0.6 is 11.8 Å². The fraction of sp³-hybridized carbons (Fsp3) is 0.238. The average molecular weight is 452 g/mol. The number of alkyl halides is 3. The fourth-order valence-electron chi connectivity index (χ4n) is 2.63. The molecule has 6 nitrogen and oxygen atoms in total. The lowest BCUT2D eigenvalue weighted by Crippen LogP contribution is -2.20. The van der Waals surface area contributed by atoms with E-state index in [2.05, 4.69) is 4.98 Å². The largest absolute Gasteiger partial charge is 0.493 e. The Labute approximate surface area is 180 Å². The molecule has 0 bridgehead atoms. The maximum absolute atomic E-state index is 12.9. The van der Waals surface area contributed by atoms with Gasteiger partial charge in [-0.25, -0.2) is 4.98 Å². The van der Waals surface area contributed by atoms with Crippen LogP contribution in [0.15, 0.2) is 69.6 Å². The van der Waals surface area contributed by atoms with Gasteiger partial charge in [-0.15, -0.1) is 0 Å². The highest BCUT2D eigenvalue weighted by Crippen LogP contribution is 2.32. The predicted molar refractivity (Wildman–Crippen MR) is 109 cm³/mol. The van der Waals surface area contributed by atoms with E-state index < -0.39 is 23.4 Å². The van der Waals surface area contributed by atoms with Crippen LogP contribution in [0.2, 0.25) is 0 Å². The van der Waals surface area contributed by atoms with Crippen molar-refractivity contribution in [2.24, 2.45) is 0 Å². The lowest BCUT2D eigenvalue weighted by atomic mass is 10.2. The maximum Gasteiger partial charge on any atom is 0.416 e. The zero-order valence-electron chi connectivity index (χ0n) is 16.6. The maximum atomic E-state index is 12.9. The van der Waals surface area contributed by atoms with Gasteiger partial charge in [0.1, 0.15) is 6.61 Å². The first-order valence-electron chi connectivity index (χ1n) is 9.11. The van der Waals surface area contributed by atoms with Gasteiger partial charge in [-0.3, -0.25) is 9.36 Å². The van der Waals surface area contributed by atoms with Gasteiger partial charge in [0.15, 0.2) is 16.5 Å². The van der Waals surface area contributed by atoms with E-state index in [0.29, 0.717) is 22.1 Å². The third-order valence-electron chi connectivity index (χ3n) is 4.11. The van der Waals surface area contributed by atoms with E-state index in [-0.39, 0.29) is 11.6 Å². The van der Waals surface area contributed by atoms with E-state index in [4.69, 9.17) is 9.47 Å². The number of methoxy groups -OCH3 is 1. The van der Waals surface area contributed by atoms with Crippen molar-refractivity contribution in [3.63, 3.8) is 0 Å². The van der Waals surface area contributed by atoms with Crippen molar-refractivity contribution in [3.8, 4) is 17.2 Å². The van der Waals surface area contributed by atoms with Gasteiger partial charge < -0.3 is 14.6 Å². The molecule has 3 aromatic rings. The zero-order chi connectivity index (χ0) is 22.6. The van der Waals surface area contributed by atoms with Gasteiger partial charge in [0, 0.05) is 23.4 Å². The number of aliphatic hydroxyl groups excluding tert-OH is 1. The summed E-state index contributed by atoms with van der Waals surface area (Å²) in [6.45, 7) is 1.67. The highest BCUT2D eigenvalue weighted by atomic mass is 32.2. The molecule has 0 saturated carbocycles. The van der Waals surface area contributed by atoms with Crippen molar-refractivity contribution in [1.82, 2.24) is 9.55 Å².